The molecule has 0 aliphatic carbocycles. The van der Waals surface area contributed by atoms with Crippen LogP contribution in [0.1, 0.15) is 27.9 Å². The van der Waals surface area contributed by atoms with E-state index >= 15 is 0 Å². The first-order valence-corrected chi connectivity index (χ1v) is 12.1. The molecule has 1 unspecified atom stereocenters. The first-order valence-electron chi connectivity index (χ1n) is 11.3. The van der Waals surface area contributed by atoms with E-state index in [2.05, 4.69) is 10.1 Å². The van der Waals surface area contributed by atoms with E-state index in [1.165, 1.54) is 30.3 Å². The molecule has 0 fully saturated rings. The number of aliphatic carboxylic acids is 1. The molecule has 1 aliphatic heterocycles. The Morgan fingerprint density at radius 2 is 1.79 bits per heavy atom. The molecular formula is C26H20Cl2F3NO6. The van der Waals surface area contributed by atoms with Crippen molar-refractivity contribution in [3.05, 3.63) is 81.3 Å². The van der Waals surface area contributed by atoms with Crippen LogP contribution < -0.4 is 19.5 Å². The number of benzene rings is 3. The Balaban J connectivity index is 1.36. The molecule has 200 valence electrons. The number of nitrogens with one attached hydrogen (secondary N) is 1. The standard InChI is InChI=1S/C26H20Cl2F3NO6/c27-17-5-1-14(22(12-17)38-26(29,30)31)9-10-32-24(33)15-2-6-18(7-3-15)36-23-13-21-16(11-19(23)28)4-8-20(37-21)25(34)35/h1-3,5-7,11-13,20H,4,8-10H2,(H,32,33)(H,34,35). The van der Waals surface area contributed by atoms with Crippen molar-refractivity contribution in [2.45, 2.75) is 31.7 Å². The highest BCUT2D eigenvalue weighted by Gasteiger charge is 2.32. The van der Waals surface area contributed by atoms with E-state index in [-0.39, 0.29) is 29.3 Å². The SMILES string of the molecule is O=C(NCCc1ccc(Cl)cc1OC(F)(F)F)c1ccc(Oc2cc3c(cc2Cl)CCC(C(=O)O)O3)cc1. The van der Waals surface area contributed by atoms with Gasteiger partial charge in [-0.3, -0.25) is 4.79 Å². The lowest BCUT2D eigenvalue weighted by molar-refractivity contribution is -0.274. The molecule has 0 spiro atoms. The van der Waals surface area contributed by atoms with E-state index < -0.39 is 30.1 Å². The van der Waals surface area contributed by atoms with Gasteiger partial charge in [0.05, 0.1) is 5.02 Å². The minimum absolute atomic E-state index is 0.0506. The number of ether oxygens (including phenoxy) is 3. The minimum Gasteiger partial charge on any atom is -0.479 e. The van der Waals surface area contributed by atoms with Crippen LogP contribution in [-0.4, -0.2) is 36.0 Å². The zero-order chi connectivity index (χ0) is 27.4. The molecule has 3 aromatic carbocycles. The Hall–Kier alpha value is -3.63. The topological polar surface area (TPSA) is 94.1 Å². The number of carbonyl (C=O) groups excluding carboxylic acids is 1. The fourth-order valence-electron chi connectivity index (χ4n) is 3.80. The summed E-state index contributed by atoms with van der Waals surface area (Å²) < 4.78 is 53.3. The van der Waals surface area contributed by atoms with Gasteiger partial charge in [-0.2, -0.15) is 0 Å². The molecule has 1 aliphatic rings. The molecule has 0 aromatic heterocycles. The van der Waals surface area contributed by atoms with Gasteiger partial charge in [-0.15, -0.1) is 13.2 Å². The highest BCUT2D eigenvalue weighted by atomic mass is 35.5. The number of rotatable bonds is 8. The molecule has 0 radical (unpaired) electrons. The third-order valence-electron chi connectivity index (χ3n) is 5.61. The quantitative estimate of drug-likeness (QED) is 0.324. The number of amides is 1. The molecular weight excluding hydrogens is 550 g/mol. The number of alkyl halides is 3. The number of halogens is 5. The summed E-state index contributed by atoms with van der Waals surface area (Å²) in [6.07, 6.45) is -4.89. The van der Waals surface area contributed by atoms with Gasteiger partial charge >= 0.3 is 12.3 Å². The van der Waals surface area contributed by atoms with Crippen LogP contribution in [0.5, 0.6) is 23.0 Å². The maximum atomic E-state index is 12.7. The first-order chi connectivity index (χ1) is 18.0. The summed E-state index contributed by atoms with van der Waals surface area (Å²) in [5, 5.41) is 12.3. The number of carboxylic acid groups (broad SMARTS) is 1. The molecule has 1 atom stereocenters. The zero-order valence-electron chi connectivity index (χ0n) is 19.5. The maximum Gasteiger partial charge on any atom is 0.573 e. The Labute approximate surface area is 225 Å². The zero-order valence-corrected chi connectivity index (χ0v) is 21.0. The van der Waals surface area contributed by atoms with Crippen LogP contribution in [0.25, 0.3) is 0 Å². The van der Waals surface area contributed by atoms with Crippen molar-refractivity contribution in [2.75, 3.05) is 6.54 Å². The summed E-state index contributed by atoms with van der Waals surface area (Å²) in [4.78, 5) is 23.7. The molecule has 38 heavy (non-hydrogen) atoms. The smallest absolute Gasteiger partial charge is 0.479 e. The van der Waals surface area contributed by atoms with E-state index in [1.54, 1.807) is 18.2 Å². The Kier molecular flexibility index (Phi) is 8.23. The van der Waals surface area contributed by atoms with Crippen molar-refractivity contribution in [2.24, 2.45) is 0 Å². The van der Waals surface area contributed by atoms with Gasteiger partial charge in [-0.1, -0.05) is 29.3 Å². The molecule has 7 nitrogen and oxygen atoms in total. The largest absolute Gasteiger partial charge is 0.573 e. The normalized spacial score (nSPS) is 14.7. The number of carbonyl (C=O) groups is 2. The van der Waals surface area contributed by atoms with Gasteiger partial charge in [-0.25, -0.2) is 4.79 Å². The number of carboxylic acids is 1. The van der Waals surface area contributed by atoms with Gasteiger partial charge in [0, 0.05) is 23.2 Å². The number of hydrogen-bond acceptors (Lipinski definition) is 5. The van der Waals surface area contributed by atoms with Gasteiger partial charge in [0.1, 0.15) is 23.0 Å². The summed E-state index contributed by atoms with van der Waals surface area (Å²) in [6, 6.07) is 13.2. The molecule has 3 aromatic rings. The van der Waals surface area contributed by atoms with Gasteiger partial charge in [0.25, 0.3) is 5.91 Å². The van der Waals surface area contributed by atoms with Gasteiger partial charge in [-0.05, 0) is 72.9 Å². The van der Waals surface area contributed by atoms with Crippen molar-refractivity contribution in [1.29, 1.82) is 0 Å². The van der Waals surface area contributed by atoms with Gasteiger partial charge in [0.2, 0.25) is 0 Å². The summed E-state index contributed by atoms with van der Waals surface area (Å²) in [7, 11) is 0. The van der Waals surface area contributed by atoms with Crippen molar-refractivity contribution in [3.8, 4) is 23.0 Å². The molecule has 0 bridgehead atoms. The number of fused-ring (bicyclic) bond motifs is 1. The maximum absolute atomic E-state index is 12.7. The van der Waals surface area contributed by atoms with Gasteiger partial charge < -0.3 is 24.6 Å². The highest BCUT2D eigenvalue weighted by molar-refractivity contribution is 6.32. The van der Waals surface area contributed by atoms with Gasteiger partial charge in [0.15, 0.2) is 6.10 Å². The van der Waals surface area contributed by atoms with E-state index in [4.69, 9.17) is 32.7 Å². The Bertz CT molecular complexity index is 1350. The number of aryl methyl sites for hydroxylation is 1. The molecule has 1 heterocycles. The molecule has 2 N–H and O–H groups in total. The van der Waals surface area contributed by atoms with Crippen molar-refractivity contribution in [1.82, 2.24) is 5.32 Å². The van der Waals surface area contributed by atoms with Crippen LogP contribution >= 0.6 is 23.2 Å². The second-order valence-electron chi connectivity index (χ2n) is 8.31. The van der Waals surface area contributed by atoms with Crippen LogP contribution in [-0.2, 0) is 17.6 Å². The predicted octanol–water partition coefficient (Wildman–Crippen LogP) is 6.44. The second-order valence-corrected chi connectivity index (χ2v) is 9.15. The minimum atomic E-state index is -4.87. The third-order valence-corrected chi connectivity index (χ3v) is 6.15. The Morgan fingerprint density at radius 3 is 2.47 bits per heavy atom. The van der Waals surface area contributed by atoms with Crippen LogP contribution in [0.15, 0.2) is 54.6 Å². The Morgan fingerprint density at radius 1 is 1.05 bits per heavy atom. The van der Waals surface area contributed by atoms with E-state index in [9.17, 15) is 27.9 Å². The molecule has 0 saturated heterocycles. The highest BCUT2D eigenvalue weighted by Crippen LogP contribution is 2.39. The van der Waals surface area contributed by atoms with Crippen molar-refractivity contribution >= 4 is 35.1 Å². The fraction of sp³-hybridized carbons (Fsp3) is 0.231. The summed E-state index contributed by atoms with van der Waals surface area (Å²) in [5.41, 5.74) is 1.31. The van der Waals surface area contributed by atoms with E-state index in [1.807, 2.05) is 0 Å². The first kappa shape index (κ1) is 27.4. The fourth-order valence-corrected chi connectivity index (χ4v) is 4.19. The molecule has 0 saturated carbocycles. The average Bonchev–Trinajstić information content (AvgIpc) is 2.85. The summed E-state index contributed by atoms with van der Waals surface area (Å²) in [6.45, 7) is 0.0506. The number of hydrogen-bond donors (Lipinski definition) is 2. The van der Waals surface area contributed by atoms with Crippen LogP contribution in [0, 0.1) is 0 Å². The molecule has 12 heteroatoms. The van der Waals surface area contributed by atoms with Crippen molar-refractivity contribution < 1.29 is 42.1 Å². The lowest BCUT2D eigenvalue weighted by Crippen LogP contribution is -2.30. The molecule has 4 rings (SSSR count). The third kappa shape index (κ3) is 7.02. The monoisotopic (exact) mass is 569 g/mol. The van der Waals surface area contributed by atoms with E-state index in [0.717, 1.165) is 11.6 Å². The molecule has 1 amide bonds. The average molecular weight is 570 g/mol. The van der Waals surface area contributed by atoms with Crippen LogP contribution in [0.4, 0.5) is 13.2 Å². The summed E-state index contributed by atoms with van der Waals surface area (Å²) >= 11 is 12.1. The van der Waals surface area contributed by atoms with E-state index in [0.29, 0.717) is 34.9 Å². The van der Waals surface area contributed by atoms with Crippen molar-refractivity contribution in [3.63, 3.8) is 0 Å². The van der Waals surface area contributed by atoms with Crippen LogP contribution in [0.2, 0.25) is 10.0 Å². The lowest BCUT2D eigenvalue weighted by atomic mass is 10.0. The second kappa shape index (κ2) is 11.4. The summed E-state index contributed by atoms with van der Waals surface area (Å²) in [5.74, 6) is -0.916. The lowest BCUT2D eigenvalue weighted by Gasteiger charge is -2.24. The van der Waals surface area contributed by atoms with Crippen LogP contribution in [0.3, 0.4) is 0 Å². The predicted molar refractivity (Wildman–Crippen MR) is 133 cm³/mol.